The van der Waals surface area contributed by atoms with Gasteiger partial charge in [-0.05, 0) is 29.7 Å². The highest BCUT2D eigenvalue weighted by Crippen LogP contribution is 2.30. The van der Waals surface area contributed by atoms with E-state index in [9.17, 15) is 4.79 Å². The van der Waals surface area contributed by atoms with Gasteiger partial charge in [-0.2, -0.15) is 0 Å². The standard InChI is InChI=1S/C19H20N2O2S/c1-4-23-15-10-9-13-7-5-6-8-14(13)17(15)18(22)21-19-20-11-16(24-19)12(2)3/h5-12H,4H2,1-3H3,(H,20,21,22). The van der Waals surface area contributed by atoms with Gasteiger partial charge in [-0.25, -0.2) is 4.98 Å². The Morgan fingerprint density at radius 1 is 1.25 bits per heavy atom. The molecule has 0 radical (unpaired) electrons. The Bertz CT molecular complexity index is 871. The molecule has 4 nitrogen and oxygen atoms in total. The predicted molar refractivity (Wildman–Crippen MR) is 99.3 cm³/mol. The first kappa shape index (κ1) is 16.5. The van der Waals surface area contributed by atoms with Crippen molar-refractivity contribution >= 4 is 33.1 Å². The summed E-state index contributed by atoms with van der Waals surface area (Å²) in [6.07, 6.45) is 1.82. The summed E-state index contributed by atoms with van der Waals surface area (Å²) in [7, 11) is 0. The van der Waals surface area contributed by atoms with Gasteiger partial charge >= 0.3 is 0 Å². The molecular formula is C19H20N2O2S. The van der Waals surface area contributed by atoms with E-state index in [1.807, 2.05) is 49.5 Å². The average Bonchev–Trinajstić information content (AvgIpc) is 3.03. The summed E-state index contributed by atoms with van der Waals surface area (Å²) in [5.41, 5.74) is 0.552. The van der Waals surface area contributed by atoms with E-state index in [-0.39, 0.29) is 5.91 Å². The Labute approximate surface area is 145 Å². The molecule has 1 N–H and O–H groups in total. The molecule has 0 bridgehead atoms. The van der Waals surface area contributed by atoms with Crippen molar-refractivity contribution in [1.82, 2.24) is 4.98 Å². The number of thiazole rings is 1. The number of benzene rings is 2. The maximum absolute atomic E-state index is 12.9. The Morgan fingerprint density at radius 3 is 2.75 bits per heavy atom. The van der Waals surface area contributed by atoms with Crippen molar-refractivity contribution < 1.29 is 9.53 Å². The number of hydrogen-bond donors (Lipinski definition) is 1. The molecule has 0 aliphatic carbocycles. The van der Waals surface area contributed by atoms with Crippen LogP contribution in [0.2, 0.25) is 0 Å². The van der Waals surface area contributed by atoms with Crippen LogP contribution < -0.4 is 10.1 Å². The quantitative estimate of drug-likeness (QED) is 0.705. The van der Waals surface area contributed by atoms with Gasteiger partial charge in [0.1, 0.15) is 5.75 Å². The largest absolute Gasteiger partial charge is 0.493 e. The second kappa shape index (κ2) is 7.01. The molecule has 1 amide bonds. The zero-order valence-electron chi connectivity index (χ0n) is 14.0. The predicted octanol–water partition coefficient (Wildman–Crippen LogP) is 5.07. The summed E-state index contributed by atoms with van der Waals surface area (Å²) in [4.78, 5) is 18.3. The topological polar surface area (TPSA) is 51.2 Å². The highest BCUT2D eigenvalue weighted by Gasteiger charge is 2.18. The van der Waals surface area contributed by atoms with Gasteiger partial charge < -0.3 is 4.74 Å². The number of fused-ring (bicyclic) bond motifs is 1. The third kappa shape index (κ3) is 3.26. The third-order valence-electron chi connectivity index (χ3n) is 3.73. The van der Waals surface area contributed by atoms with Crippen LogP contribution in [-0.4, -0.2) is 17.5 Å². The first-order valence-corrected chi connectivity index (χ1v) is 8.83. The molecule has 0 spiro atoms. The number of carbonyl (C=O) groups excluding carboxylic acids is 1. The van der Waals surface area contributed by atoms with Crippen molar-refractivity contribution in [2.45, 2.75) is 26.7 Å². The molecule has 2 aromatic carbocycles. The highest BCUT2D eigenvalue weighted by atomic mass is 32.1. The lowest BCUT2D eigenvalue weighted by Crippen LogP contribution is -2.14. The Kier molecular flexibility index (Phi) is 4.81. The highest BCUT2D eigenvalue weighted by molar-refractivity contribution is 7.15. The third-order valence-corrected chi connectivity index (χ3v) is 4.94. The van der Waals surface area contributed by atoms with E-state index in [2.05, 4.69) is 24.1 Å². The summed E-state index contributed by atoms with van der Waals surface area (Å²) in [5.74, 6) is 0.791. The van der Waals surface area contributed by atoms with E-state index in [1.54, 1.807) is 0 Å². The van der Waals surface area contributed by atoms with E-state index < -0.39 is 0 Å². The molecule has 0 saturated heterocycles. The zero-order chi connectivity index (χ0) is 17.1. The smallest absolute Gasteiger partial charge is 0.261 e. The fraction of sp³-hybridized carbons (Fsp3) is 0.263. The molecule has 0 fully saturated rings. The van der Waals surface area contributed by atoms with Crippen LogP contribution in [0.15, 0.2) is 42.6 Å². The summed E-state index contributed by atoms with van der Waals surface area (Å²) in [6.45, 7) is 6.63. The fourth-order valence-electron chi connectivity index (χ4n) is 2.53. The van der Waals surface area contributed by atoms with Crippen LogP contribution in [0.5, 0.6) is 5.75 Å². The maximum Gasteiger partial charge on any atom is 0.261 e. The van der Waals surface area contributed by atoms with Gasteiger partial charge in [0.25, 0.3) is 5.91 Å². The number of nitrogens with zero attached hydrogens (tertiary/aromatic N) is 1. The Morgan fingerprint density at radius 2 is 2.04 bits per heavy atom. The summed E-state index contributed by atoms with van der Waals surface area (Å²) < 4.78 is 5.67. The van der Waals surface area contributed by atoms with E-state index >= 15 is 0 Å². The molecule has 124 valence electrons. The monoisotopic (exact) mass is 340 g/mol. The molecule has 0 aliphatic heterocycles. The number of hydrogen-bond acceptors (Lipinski definition) is 4. The number of anilines is 1. The van der Waals surface area contributed by atoms with Gasteiger partial charge in [0.2, 0.25) is 0 Å². The van der Waals surface area contributed by atoms with Crippen LogP contribution >= 0.6 is 11.3 Å². The second-order valence-electron chi connectivity index (χ2n) is 5.77. The molecule has 3 aromatic rings. The minimum absolute atomic E-state index is 0.195. The fourth-order valence-corrected chi connectivity index (χ4v) is 3.35. The van der Waals surface area contributed by atoms with Gasteiger partial charge in [0.15, 0.2) is 5.13 Å². The molecular weight excluding hydrogens is 320 g/mol. The number of amides is 1. The summed E-state index contributed by atoms with van der Waals surface area (Å²) in [6, 6.07) is 11.6. The first-order chi connectivity index (χ1) is 11.6. The second-order valence-corrected chi connectivity index (χ2v) is 6.83. The average molecular weight is 340 g/mol. The number of aromatic nitrogens is 1. The van der Waals surface area contributed by atoms with Crippen LogP contribution in [0, 0.1) is 0 Å². The number of rotatable bonds is 5. The van der Waals surface area contributed by atoms with Crippen LogP contribution in [0.3, 0.4) is 0 Å². The van der Waals surface area contributed by atoms with E-state index in [0.717, 1.165) is 15.6 Å². The molecule has 5 heteroatoms. The van der Waals surface area contributed by atoms with Gasteiger partial charge in [-0.1, -0.05) is 44.2 Å². The van der Waals surface area contributed by atoms with Gasteiger partial charge in [-0.15, -0.1) is 11.3 Å². The van der Waals surface area contributed by atoms with Crippen molar-refractivity contribution in [3.05, 3.63) is 53.0 Å². The molecule has 3 rings (SSSR count). The molecule has 0 atom stereocenters. The van der Waals surface area contributed by atoms with E-state index in [4.69, 9.17) is 4.74 Å². The van der Waals surface area contributed by atoms with Crippen LogP contribution in [0.1, 0.15) is 41.9 Å². The lowest BCUT2D eigenvalue weighted by atomic mass is 10.0. The Hall–Kier alpha value is -2.40. The molecule has 1 aromatic heterocycles. The Balaban J connectivity index is 1.99. The minimum Gasteiger partial charge on any atom is -0.493 e. The van der Waals surface area contributed by atoms with E-state index in [0.29, 0.717) is 29.0 Å². The lowest BCUT2D eigenvalue weighted by molar-refractivity contribution is 0.102. The number of nitrogens with one attached hydrogen (secondary N) is 1. The van der Waals surface area contributed by atoms with Gasteiger partial charge in [0, 0.05) is 11.1 Å². The van der Waals surface area contributed by atoms with Crippen molar-refractivity contribution in [2.75, 3.05) is 11.9 Å². The van der Waals surface area contributed by atoms with Crippen molar-refractivity contribution in [3.8, 4) is 5.75 Å². The normalized spacial score (nSPS) is 11.0. The number of ether oxygens (including phenoxy) is 1. The zero-order valence-corrected chi connectivity index (χ0v) is 14.8. The molecule has 0 unspecified atom stereocenters. The molecule has 1 heterocycles. The minimum atomic E-state index is -0.195. The van der Waals surface area contributed by atoms with Crippen molar-refractivity contribution in [1.29, 1.82) is 0 Å². The molecule has 0 aliphatic rings. The lowest BCUT2D eigenvalue weighted by Gasteiger charge is -2.12. The van der Waals surface area contributed by atoms with Crippen LogP contribution in [0.25, 0.3) is 10.8 Å². The summed E-state index contributed by atoms with van der Waals surface area (Å²) >= 11 is 1.50. The molecule has 0 saturated carbocycles. The van der Waals surface area contributed by atoms with Crippen LogP contribution in [0.4, 0.5) is 5.13 Å². The first-order valence-electron chi connectivity index (χ1n) is 8.01. The number of carbonyl (C=O) groups is 1. The SMILES string of the molecule is CCOc1ccc2ccccc2c1C(=O)Nc1ncc(C(C)C)s1. The summed E-state index contributed by atoms with van der Waals surface area (Å²) in [5, 5.41) is 5.41. The van der Waals surface area contributed by atoms with Crippen molar-refractivity contribution in [2.24, 2.45) is 0 Å². The van der Waals surface area contributed by atoms with Gasteiger partial charge in [-0.3, -0.25) is 10.1 Å². The maximum atomic E-state index is 12.9. The van der Waals surface area contributed by atoms with E-state index in [1.165, 1.54) is 11.3 Å². The van der Waals surface area contributed by atoms with Crippen molar-refractivity contribution in [3.63, 3.8) is 0 Å². The van der Waals surface area contributed by atoms with Gasteiger partial charge in [0.05, 0.1) is 12.2 Å². The molecule has 24 heavy (non-hydrogen) atoms. The van der Waals surface area contributed by atoms with Crippen LogP contribution in [-0.2, 0) is 0 Å².